The van der Waals surface area contributed by atoms with Crippen LogP contribution in [0, 0.1) is 5.82 Å². The van der Waals surface area contributed by atoms with Crippen LogP contribution in [0.2, 0.25) is 10.0 Å². The molecular formula is C16H12BrCl2FN2O2. The topological polar surface area (TPSA) is 58.2 Å². The van der Waals surface area contributed by atoms with Gasteiger partial charge in [-0.05, 0) is 37.3 Å². The van der Waals surface area contributed by atoms with Crippen molar-refractivity contribution in [1.82, 2.24) is 5.32 Å². The maximum absolute atomic E-state index is 13.7. The van der Waals surface area contributed by atoms with Crippen LogP contribution in [0.25, 0.3) is 0 Å². The normalized spacial score (nSPS) is 11.7. The number of rotatable bonds is 4. The zero-order chi connectivity index (χ0) is 17.9. The monoisotopic (exact) mass is 432 g/mol. The van der Waals surface area contributed by atoms with Crippen molar-refractivity contribution in [3.8, 4) is 0 Å². The number of benzene rings is 2. The predicted octanol–water partition coefficient (Wildman–Crippen LogP) is 4.65. The largest absolute Gasteiger partial charge is 0.340 e. The summed E-state index contributed by atoms with van der Waals surface area (Å²) in [6.07, 6.45) is 0. The van der Waals surface area contributed by atoms with Crippen molar-refractivity contribution in [3.05, 3.63) is 62.3 Å². The molecule has 2 rings (SSSR count). The van der Waals surface area contributed by atoms with E-state index in [9.17, 15) is 14.0 Å². The third-order valence-corrected chi connectivity index (χ3v) is 4.44. The van der Waals surface area contributed by atoms with Crippen molar-refractivity contribution in [2.75, 3.05) is 5.32 Å². The second-order valence-corrected chi connectivity index (χ2v) is 6.61. The molecule has 2 N–H and O–H groups in total. The molecule has 8 heteroatoms. The quantitative estimate of drug-likeness (QED) is 0.737. The Morgan fingerprint density at radius 3 is 2.58 bits per heavy atom. The van der Waals surface area contributed by atoms with E-state index in [0.717, 1.165) is 0 Å². The Morgan fingerprint density at radius 2 is 1.92 bits per heavy atom. The summed E-state index contributed by atoms with van der Waals surface area (Å²) in [6.45, 7) is 1.47. The highest BCUT2D eigenvalue weighted by molar-refractivity contribution is 9.10. The van der Waals surface area contributed by atoms with E-state index in [-0.39, 0.29) is 21.3 Å². The second kappa shape index (κ2) is 7.96. The van der Waals surface area contributed by atoms with E-state index >= 15 is 0 Å². The Bertz CT molecular complexity index is 802. The zero-order valence-electron chi connectivity index (χ0n) is 12.4. The first-order valence-corrected chi connectivity index (χ1v) is 8.35. The Kier molecular flexibility index (Phi) is 6.21. The van der Waals surface area contributed by atoms with Crippen LogP contribution in [0.3, 0.4) is 0 Å². The van der Waals surface area contributed by atoms with Gasteiger partial charge in [-0.25, -0.2) is 4.39 Å². The molecule has 0 bridgehead atoms. The van der Waals surface area contributed by atoms with Gasteiger partial charge >= 0.3 is 0 Å². The number of amides is 2. The van der Waals surface area contributed by atoms with Gasteiger partial charge in [0.15, 0.2) is 0 Å². The van der Waals surface area contributed by atoms with Crippen LogP contribution in [0.5, 0.6) is 0 Å². The highest BCUT2D eigenvalue weighted by atomic mass is 79.9. The lowest BCUT2D eigenvalue weighted by Gasteiger charge is -2.15. The standard InChI is InChI=1S/C16H12BrCl2FN2O2/c1-8(15(23)22-13-6-5-9(17)7-12(13)20)21-16(24)10-3-2-4-11(18)14(10)19/h2-8H,1H3,(H,21,24)(H,22,23). The minimum Gasteiger partial charge on any atom is -0.340 e. The molecule has 24 heavy (non-hydrogen) atoms. The molecule has 0 spiro atoms. The van der Waals surface area contributed by atoms with E-state index < -0.39 is 23.7 Å². The van der Waals surface area contributed by atoms with Crippen LogP contribution in [-0.2, 0) is 4.79 Å². The molecule has 126 valence electrons. The fraction of sp³-hybridized carbons (Fsp3) is 0.125. The molecule has 1 atom stereocenters. The fourth-order valence-corrected chi connectivity index (χ4v) is 2.57. The van der Waals surface area contributed by atoms with Crippen LogP contribution in [0.15, 0.2) is 40.9 Å². The molecule has 0 saturated heterocycles. The Hall–Kier alpha value is -1.63. The van der Waals surface area contributed by atoms with Crippen molar-refractivity contribution in [2.24, 2.45) is 0 Å². The SMILES string of the molecule is CC(NC(=O)c1cccc(Cl)c1Cl)C(=O)Nc1ccc(Br)cc1F. The summed E-state index contributed by atoms with van der Waals surface area (Å²) in [5.74, 6) is -1.71. The van der Waals surface area contributed by atoms with Gasteiger partial charge in [0.25, 0.3) is 5.91 Å². The Labute approximate surface area is 156 Å². The smallest absolute Gasteiger partial charge is 0.253 e. The summed E-state index contributed by atoms with van der Waals surface area (Å²) in [7, 11) is 0. The van der Waals surface area contributed by atoms with Crippen molar-refractivity contribution < 1.29 is 14.0 Å². The van der Waals surface area contributed by atoms with Gasteiger partial charge < -0.3 is 10.6 Å². The third kappa shape index (κ3) is 4.47. The van der Waals surface area contributed by atoms with Crippen molar-refractivity contribution in [2.45, 2.75) is 13.0 Å². The highest BCUT2D eigenvalue weighted by Gasteiger charge is 2.20. The lowest BCUT2D eigenvalue weighted by atomic mass is 10.2. The van der Waals surface area contributed by atoms with Crippen LogP contribution in [-0.4, -0.2) is 17.9 Å². The number of anilines is 1. The number of carbonyl (C=O) groups is 2. The number of halogens is 4. The minimum absolute atomic E-state index is 0.0186. The van der Waals surface area contributed by atoms with Gasteiger partial charge in [0.1, 0.15) is 11.9 Å². The molecule has 2 aromatic rings. The van der Waals surface area contributed by atoms with Gasteiger partial charge in [0, 0.05) is 4.47 Å². The van der Waals surface area contributed by atoms with Crippen LogP contribution >= 0.6 is 39.1 Å². The average molecular weight is 434 g/mol. The molecule has 0 heterocycles. The molecule has 0 aliphatic rings. The molecule has 2 amide bonds. The average Bonchev–Trinajstić information content (AvgIpc) is 2.52. The highest BCUT2D eigenvalue weighted by Crippen LogP contribution is 2.25. The predicted molar refractivity (Wildman–Crippen MR) is 96.1 cm³/mol. The van der Waals surface area contributed by atoms with Gasteiger partial charge in [0.05, 0.1) is 21.3 Å². The van der Waals surface area contributed by atoms with Crippen molar-refractivity contribution in [1.29, 1.82) is 0 Å². The summed E-state index contributed by atoms with van der Waals surface area (Å²) in [5, 5.41) is 5.24. The van der Waals surface area contributed by atoms with Crippen molar-refractivity contribution in [3.63, 3.8) is 0 Å². The Balaban J connectivity index is 2.06. The van der Waals surface area contributed by atoms with Crippen LogP contribution in [0.1, 0.15) is 17.3 Å². The minimum atomic E-state index is -0.907. The molecule has 0 aromatic heterocycles. The van der Waals surface area contributed by atoms with Crippen LogP contribution in [0.4, 0.5) is 10.1 Å². The molecule has 0 radical (unpaired) electrons. The number of hydrogen-bond donors (Lipinski definition) is 2. The zero-order valence-corrected chi connectivity index (χ0v) is 15.5. The molecule has 0 saturated carbocycles. The molecule has 2 aromatic carbocycles. The van der Waals surface area contributed by atoms with E-state index in [1.54, 1.807) is 18.2 Å². The lowest BCUT2D eigenvalue weighted by molar-refractivity contribution is -0.117. The molecule has 0 aliphatic heterocycles. The van der Waals surface area contributed by atoms with E-state index in [0.29, 0.717) is 4.47 Å². The summed E-state index contributed by atoms with van der Waals surface area (Å²) in [6, 6.07) is 7.94. The van der Waals surface area contributed by atoms with Gasteiger partial charge in [-0.3, -0.25) is 9.59 Å². The van der Waals surface area contributed by atoms with Gasteiger partial charge in [-0.1, -0.05) is 45.2 Å². The maximum Gasteiger partial charge on any atom is 0.253 e. The molecule has 0 aliphatic carbocycles. The fourth-order valence-electron chi connectivity index (χ4n) is 1.85. The molecular weight excluding hydrogens is 422 g/mol. The number of nitrogens with one attached hydrogen (secondary N) is 2. The summed E-state index contributed by atoms with van der Waals surface area (Å²) in [5.41, 5.74) is 0.170. The maximum atomic E-state index is 13.7. The summed E-state index contributed by atoms with van der Waals surface area (Å²) in [4.78, 5) is 24.3. The third-order valence-electron chi connectivity index (χ3n) is 3.13. The van der Waals surface area contributed by atoms with E-state index in [4.69, 9.17) is 23.2 Å². The van der Waals surface area contributed by atoms with Gasteiger partial charge in [-0.2, -0.15) is 0 Å². The van der Waals surface area contributed by atoms with E-state index in [1.807, 2.05) is 0 Å². The van der Waals surface area contributed by atoms with Gasteiger partial charge in [0.2, 0.25) is 5.91 Å². The lowest BCUT2D eigenvalue weighted by Crippen LogP contribution is -2.41. The summed E-state index contributed by atoms with van der Waals surface area (Å²) >= 11 is 15.0. The van der Waals surface area contributed by atoms with Crippen LogP contribution < -0.4 is 10.6 Å². The first-order chi connectivity index (χ1) is 11.3. The first kappa shape index (κ1) is 18.7. The molecule has 4 nitrogen and oxygen atoms in total. The first-order valence-electron chi connectivity index (χ1n) is 6.80. The van der Waals surface area contributed by atoms with Crippen molar-refractivity contribution >= 4 is 56.6 Å². The van der Waals surface area contributed by atoms with E-state index in [2.05, 4.69) is 26.6 Å². The molecule has 1 unspecified atom stereocenters. The number of hydrogen-bond acceptors (Lipinski definition) is 2. The molecule has 0 fully saturated rings. The summed E-state index contributed by atoms with van der Waals surface area (Å²) < 4.78 is 14.3. The van der Waals surface area contributed by atoms with Gasteiger partial charge in [-0.15, -0.1) is 0 Å². The van der Waals surface area contributed by atoms with E-state index in [1.165, 1.54) is 25.1 Å². The number of carbonyl (C=O) groups excluding carboxylic acids is 2. The Morgan fingerprint density at radius 1 is 1.21 bits per heavy atom. The second-order valence-electron chi connectivity index (χ2n) is 4.91.